The van der Waals surface area contributed by atoms with Crippen LogP contribution in [0, 0.1) is 11.8 Å². The summed E-state index contributed by atoms with van der Waals surface area (Å²) in [5, 5.41) is -5.15. The van der Waals surface area contributed by atoms with Crippen LogP contribution in [0.25, 0.3) is 0 Å². The van der Waals surface area contributed by atoms with E-state index in [1.54, 1.807) is 0 Å². The molecule has 0 bridgehead atoms. The number of ether oxygens (including phenoxy) is 10. The van der Waals surface area contributed by atoms with Gasteiger partial charge in [-0.25, -0.2) is 52.8 Å². The summed E-state index contributed by atoms with van der Waals surface area (Å²) in [4.78, 5) is 126. The molecule has 1 aliphatic rings. The van der Waals surface area contributed by atoms with Gasteiger partial charge in [0.15, 0.2) is 16.7 Å². The van der Waals surface area contributed by atoms with Crippen LogP contribution in [0.2, 0.25) is 0 Å². The Balaban J connectivity index is 0.000000364. The molecule has 138 heavy (non-hydrogen) atoms. The highest BCUT2D eigenvalue weighted by molar-refractivity contribution is 7.87. The van der Waals surface area contributed by atoms with Crippen molar-refractivity contribution >= 4 is 194 Å². The van der Waals surface area contributed by atoms with Crippen LogP contribution in [0.3, 0.4) is 0 Å². The Morgan fingerprint density at radius 2 is 0.601 bits per heavy atom. The maximum absolute atomic E-state index is 14.4. The van der Waals surface area contributed by atoms with Crippen LogP contribution in [0.4, 0.5) is 8.78 Å². The molecule has 1 aliphatic carbocycles. The lowest BCUT2D eigenvalue weighted by molar-refractivity contribution is -0.155. The number of rotatable bonds is 48. The summed E-state index contributed by atoms with van der Waals surface area (Å²) in [5.41, 5.74) is 5.00. The van der Waals surface area contributed by atoms with Gasteiger partial charge < -0.3 is 65.6 Å². The van der Waals surface area contributed by atoms with E-state index in [4.69, 9.17) is 127 Å². The smallest absolute Gasteiger partial charge is 0.367 e. The number of halogens is 2. The van der Waals surface area contributed by atoms with Crippen molar-refractivity contribution in [1.29, 1.82) is 0 Å². The van der Waals surface area contributed by atoms with Crippen molar-refractivity contribution in [2.75, 3.05) is 50.3 Å². The molecule has 50 heteroatoms. The van der Waals surface area contributed by atoms with Gasteiger partial charge >= 0.3 is 64.9 Å². The SMILES string of the molecule is [B]Cc1cc(C[B])c(OC(=O)c2cc(C(=O)Oc3c(C[B])cc(C[B])cc3C[B])c(C(=O)Oc3c(C[B])cc(C[B])cc3C[B])cc2C(=O)OCC(F)(F)S(=O)(=O)[O-])c(C[B])c1.[B]Cc1ccc(CCOC(=O)CCCC(=O)OCCS(=O)(=O)[O-])cc1.[B]Cc1ccc(COC(=O)C2CCC(C(=O)OCCS(=O)(=O)[O-])CC2)cc1.[B]Cc1ccccc1COC(=O)CCCC(=O)OCCS(=O)(=O)[O-]. The molecule has 0 N–H and O–H groups in total. The first-order valence-electron chi connectivity index (χ1n) is 42.4. The van der Waals surface area contributed by atoms with E-state index in [0.717, 1.165) is 33.4 Å². The third-order valence-corrected chi connectivity index (χ3v) is 23.1. The third-order valence-electron chi connectivity index (χ3n) is 20.3. The van der Waals surface area contributed by atoms with E-state index < -0.39 is 165 Å². The number of alkyl halides is 2. The van der Waals surface area contributed by atoms with Gasteiger partial charge in [-0.05, 0) is 106 Å². The summed E-state index contributed by atoms with van der Waals surface area (Å²) >= 11 is 0. The van der Waals surface area contributed by atoms with Gasteiger partial charge in [-0.2, -0.15) is 8.78 Å². The summed E-state index contributed by atoms with van der Waals surface area (Å²) < 4.78 is 207. The van der Waals surface area contributed by atoms with E-state index in [9.17, 15) is 109 Å². The highest BCUT2D eigenvalue weighted by Gasteiger charge is 2.41. The fourth-order valence-corrected chi connectivity index (χ4v) is 13.9. The molecule has 0 spiro atoms. The molecule has 0 unspecified atom stereocenters. The van der Waals surface area contributed by atoms with Crippen LogP contribution < -0.4 is 14.2 Å². The van der Waals surface area contributed by atoms with Crippen LogP contribution in [0.15, 0.2) is 121 Å². The minimum absolute atomic E-state index is 0.0275. The van der Waals surface area contributed by atoms with Crippen LogP contribution in [-0.2, 0) is 198 Å². The second kappa shape index (κ2) is 58.5. The van der Waals surface area contributed by atoms with Crippen LogP contribution >= 0.6 is 0 Å². The van der Waals surface area contributed by atoms with E-state index in [0.29, 0.717) is 79.9 Å². The second-order valence-corrected chi connectivity index (χ2v) is 36.3. The number of carbonyl (C=O) groups excluding carboxylic acids is 10. The molecule has 0 aromatic heterocycles. The number of hydrogen-bond donors (Lipinski definition) is 0. The normalized spacial score (nSPS) is 13.0. The van der Waals surface area contributed by atoms with Crippen molar-refractivity contribution in [2.45, 2.75) is 165 Å². The molecule has 0 amide bonds. The Hall–Kier alpha value is -10.5. The van der Waals surface area contributed by atoms with Gasteiger partial charge in [0.2, 0.25) is 0 Å². The lowest BCUT2D eigenvalue weighted by Crippen LogP contribution is -2.35. The van der Waals surface area contributed by atoms with Gasteiger partial charge in [0.1, 0.15) is 50.3 Å². The quantitative estimate of drug-likeness (QED) is 0.0169. The van der Waals surface area contributed by atoms with Crippen molar-refractivity contribution in [3.05, 3.63) is 227 Å². The van der Waals surface area contributed by atoms with E-state index in [2.05, 4.69) is 14.2 Å². The number of esters is 10. The van der Waals surface area contributed by atoms with Gasteiger partial charge in [-0.3, -0.25) is 28.8 Å². The maximum Gasteiger partial charge on any atom is 0.367 e. The summed E-state index contributed by atoms with van der Waals surface area (Å²) in [6, 6.07) is 32.8. The van der Waals surface area contributed by atoms with Gasteiger partial charge in [-0.1, -0.05) is 213 Å². The predicted octanol–water partition coefficient (Wildman–Crippen LogP) is 4.31. The summed E-state index contributed by atoms with van der Waals surface area (Å²) in [6.07, 6.45) is 3.01. The minimum Gasteiger partial charge on any atom is -0.748 e. The summed E-state index contributed by atoms with van der Waals surface area (Å²) in [5.74, 6) is -12.6. The van der Waals surface area contributed by atoms with E-state index in [-0.39, 0.29) is 184 Å². The van der Waals surface area contributed by atoms with Crippen LogP contribution in [-0.4, -0.2) is 261 Å². The van der Waals surface area contributed by atoms with E-state index in [1.807, 2.05) is 72.8 Å². The number of benzene rings is 7. The Morgan fingerprint density at radius 1 is 0.312 bits per heavy atom. The fourth-order valence-electron chi connectivity index (χ4n) is 12.9. The highest BCUT2D eigenvalue weighted by atomic mass is 32.2. The topological polar surface area (TPSA) is 492 Å². The van der Waals surface area contributed by atoms with E-state index in [1.165, 1.54) is 36.4 Å². The lowest BCUT2D eigenvalue weighted by Gasteiger charge is -2.26. The fraction of sp³-hybridized carbons (Fsp3) is 0.409. The molecule has 0 saturated heterocycles. The molecule has 0 aliphatic heterocycles. The number of hydrogen-bond acceptors (Lipinski definition) is 32. The Labute approximate surface area is 816 Å². The molecule has 1 fully saturated rings. The molecule has 7 aromatic carbocycles. The van der Waals surface area contributed by atoms with Crippen LogP contribution in [0.5, 0.6) is 17.2 Å². The highest BCUT2D eigenvalue weighted by Crippen LogP contribution is 2.36. The van der Waals surface area contributed by atoms with Gasteiger partial charge in [0.25, 0.3) is 0 Å². The van der Waals surface area contributed by atoms with Crippen molar-refractivity contribution in [3.63, 3.8) is 0 Å². The molecule has 7 aromatic rings. The van der Waals surface area contributed by atoms with Gasteiger partial charge in [0, 0.05) is 32.1 Å². The molecule has 8 rings (SSSR count). The third kappa shape index (κ3) is 40.8. The molecule has 710 valence electrons. The molecular formula is C88H88B12F2O32S4-4. The summed E-state index contributed by atoms with van der Waals surface area (Å²) in [6.45, 7) is -3.18. The second-order valence-electron chi connectivity index (χ2n) is 30.2. The average molecular weight is 1950 g/mol. The standard InChI is InChI=1S/C39H29B9F2O11S.C18H23BO7S.C16H21BO7S.C15H19BO7S/c40-9-19-1-22(12-43)32(23(2-19)13-44)59-36(52)29-8-31(38(54)61-34-26(16-47)5-21(11-42)6-27(34)17-48)30(7-28(29)35(51)58-18-39(49,50)62(55,56)57)37(53)60-33-24(14-45)3-20(10-41)4-25(33)15-46;19-11-13-1-3-14(4-2-13)12-26-18(21)16-7-5-15(6-8-16)17(20)25-9-10-27(22,23)24;17-12-14-6-4-13(5-7-14)8-9-23-15(18)2-1-3-16(19)24-10-11-25(20,21)22;16-10-12-4-1-2-5-13(12)11-23-15(18)7-3-6-14(17)22-8-9-24(19,20)21/h1-8H,9-18H2,(H,55,56,57);1-4,15-16H,5-12H2,(H,22,23,24);4-7H,1-3,8-12H2,(H,20,21,22);1-2,4-5H,3,6-11H2,(H,19,20,21)/p-4. The van der Waals surface area contributed by atoms with Crippen LogP contribution in [0.1, 0.15) is 189 Å². The zero-order valence-corrected chi connectivity index (χ0v) is 78.2. The predicted molar refractivity (Wildman–Crippen MR) is 502 cm³/mol. The summed E-state index contributed by atoms with van der Waals surface area (Å²) in [7, 11) is 50.2. The molecule has 0 heterocycles. The monoisotopic (exact) mass is 1950 g/mol. The van der Waals surface area contributed by atoms with Crippen molar-refractivity contribution in [1.82, 2.24) is 0 Å². The average Bonchev–Trinajstić information content (AvgIpc) is 0.766. The van der Waals surface area contributed by atoms with Crippen molar-refractivity contribution < 1.29 is 156 Å². The molecular weight excluding hydrogens is 1860 g/mol. The molecule has 32 nitrogen and oxygen atoms in total. The number of carbonyl (C=O) groups is 10. The zero-order chi connectivity index (χ0) is 103. The minimum atomic E-state index is -6.38. The molecule has 1 saturated carbocycles. The van der Waals surface area contributed by atoms with Crippen molar-refractivity contribution in [2.24, 2.45) is 11.8 Å². The first-order valence-corrected chi connectivity index (χ1v) is 48.6. The van der Waals surface area contributed by atoms with Gasteiger partial charge in [-0.15, -0.1) is 0 Å². The maximum atomic E-state index is 14.4. The van der Waals surface area contributed by atoms with E-state index >= 15 is 0 Å². The largest absolute Gasteiger partial charge is 0.748 e. The van der Waals surface area contributed by atoms with Gasteiger partial charge in [0.05, 0.1) is 182 Å². The first kappa shape index (κ1) is 118. The Kier molecular flexibility index (Phi) is 50.1. The van der Waals surface area contributed by atoms with Crippen molar-refractivity contribution in [3.8, 4) is 17.2 Å². The Morgan fingerprint density at radius 3 is 0.920 bits per heavy atom. The molecule has 24 radical (unpaired) electrons. The first-order chi connectivity index (χ1) is 65.2. The lowest BCUT2D eigenvalue weighted by atomic mass is 9.82. The Bertz CT molecular complexity index is 5750. The zero-order valence-electron chi connectivity index (χ0n) is 74.9. The molecule has 0 atom stereocenters.